The summed E-state index contributed by atoms with van der Waals surface area (Å²) in [5, 5.41) is 5.75. The van der Waals surface area contributed by atoms with Crippen molar-refractivity contribution in [2.75, 3.05) is 25.5 Å². The molecule has 0 unspecified atom stereocenters. The normalized spacial score (nSPS) is 11.2. The molecular formula is C19H21F3N2O2. The van der Waals surface area contributed by atoms with E-state index in [2.05, 4.69) is 10.6 Å². The number of carbonyl (C=O) groups excluding carboxylic acids is 1. The first-order chi connectivity index (χ1) is 12.4. The second-order valence-corrected chi connectivity index (χ2v) is 5.72. The van der Waals surface area contributed by atoms with Crippen molar-refractivity contribution in [2.24, 2.45) is 0 Å². The van der Waals surface area contributed by atoms with Crippen LogP contribution in [0, 0.1) is 0 Å². The third-order valence-electron chi connectivity index (χ3n) is 3.77. The highest BCUT2D eigenvalue weighted by atomic mass is 19.4. The summed E-state index contributed by atoms with van der Waals surface area (Å²) in [5.74, 6) is 0.559. The number of ether oxygens (including phenoxy) is 1. The van der Waals surface area contributed by atoms with Crippen molar-refractivity contribution in [1.82, 2.24) is 5.32 Å². The molecule has 2 aromatic rings. The fourth-order valence-corrected chi connectivity index (χ4v) is 2.32. The van der Waals surface area contributed by atoms with Crippen LogP contribution >= 0.6 is 0 Å². The lowest BCUT2D eigenvalue weighted by Gasteiger charge is -2.09. The number of amides is 1. The minimum absolute atomic E-state index is 0.240. The van der Waals surface area contributed by atoms with E-state index >= 15 is 0 Å². The number of halogens is 3. The first kappa shape index (κ1) is 19.8. The maximum Gasteiger partial charge on any atom is 0.416 e. The molecule has 140 valence electrons. The molecule has 0 aromatic heterocycles. The van der Waals surface area contributed by atoms with Gasteiger partial charge in [-0.2, -0.15) is 13.2 Å². The van der Waals surface area contributed by atoms with Gasteiger partial charge in [0.1, 0.15) is 5.75 Å². The van der Waals surface area contributed by atoms with Crippen molar-refractivity contribution in [1.29, 1.82) is 0 Å². The zero-order valence-corrected chi connectivity index (χ0v) is 14.4. The summed E-state index contributed by atoms with van der Waals surface area (Å²) in [6.07, 6.45) is -3.31. The number of anilines is 1. The van der Waals surface area contributed by atoms with Crippen molar-refractivity contribution < 1.29 is 22.7 Å². The largest absolute Gasteiger partial charge is 0.497 e. The van der Waals surface area contributed by atoms with Crippen LogP contribution in [0.4, 0.5) is 18.9 Å². The average Bonchev–Trinajstić information content (AvgIpc) is 2.61. The van der Waals surface area contributed by atoms with E-state index in [9.17, 15) is 18.0 Å². The van der Waals surface area contributed by atoms with Crippen molar-refractivity contribution in [2.45, 2.75) is 19.0 Å². The summed E-state index contributed by atoms with van der Waals surface area (Å²) in [7, 11) is 1.62. The number of alkyl halides is 3. The Hall–Kier alpha value is -2.54. The first-order valence-corrected chi connectivity index (χ1v) is 8.19. The summed E-state index contributed by atoms with van der Waals surface area (Å²) in [6.45, 7) is 1.21. The lowest BCUT2D eigenvalue weighted by Crippen LogP contribution is -2.23. The molecule has 0 fully saturated rings. The van der Waals surface area contributed by atoms with E-state index in [4.69, 9.17) is 4.74 Å². The Morgan fingerprint density at radius 2 is 1.65 bits per heavy atom. The third kappa shape index (κ3) is 6.40. The summed E-state index contributed by atoms with van der Waals surface area (Å²) >= 11 is 0. The molecule has 0 saturated heterocycles. The Labute approximate surface area is 150 Å². The van der Waals surface area contributed by atoms with Gasteiger partial charge in [-0.25, -0.2) is 0 Å². The molecule has 0 radical (unpaired) electrons. The van der Waals surface area contributed by atoms with E-state index < -0.39 is 11.7 Å². The number of hydrogen-bond acceptors (Lipinski definition) is 3. The summed E-state index contributed by atoms with van der Waals surface area (Å²) in [6, 6.07) is 12.1. The number of benzene rings is 2. The number of carbonyl (C=O) groups is 1. The smallest absolute Gasteiger partial charge is 0.416 e. The van der Waals surface area contributed by atoms with E-state index in [1.54, 1.807) is 7.11 Å². The minimum Gasteiger partial charge on any atom is -0.497 e. The molecule has 4 nitrogen and oxygen atoms in total. The molecule has 0 saturated carbocycles. The molecule has 7 heteroatoms. The summed E-state index contributed by atoms with van der Waals surface area (Å²) < 4.78 is 42.5. The molecule has 0 aliphatic heterocycles. The van der Waals surface area contributed by atoms with Crippen molar-refractivity contribution >= 4 is 11.6 Å². The van der Waals surface area contributed by atoms with Crippen LogP contribution in [0.2, 0.25) is 0 Å². The predicted octanol–water partition coefficient (Wildman–Crippen LogP) is 3.87. The van der Waals surface area contributed by atoms with Crippen LogP contribution in [0.15, 0.2) is 48.5 Å². The van der Waals surface area contributed by atoms with Gasteiger partial charge in [-0.1, -0.05) is 12.1 Å². The van der Waals surface area contributed by atoms with Gasteiger partial charge in [-0.15, -0.1) is 0 Å². The van der Waals surface area contributed by atoms with E-state index in [1.165, 1.54) is 12.1 Å². The van der Waals surface area contributed by atoms with Crippen LogP contribution in [0.25, 0.3) is 0 Å². The van der Waals surface area contributed by atoms with Gasteiger partial charge in [0.2, 0.25) is 5.91 Å². The lowest BCUT2D eigenvalue weighted by atomic mass is 10.1. The Kier molecular flexibility index (Phi) is 7.03. The van der Waals surface area contributed by atoms with Gasteiger partial charge in [0.15, 0.2) is 0 Å². The first-order valence-electron chi connectivity index (χ1n) is 8.19. The van der Waals surface area contributed by atoms with Crippen LogP contribution in [0.1, 0.15) is 17.5 Å². The monoisotopic (exact) mass is 366 g/mol. The Morgan fingerprint density at radius 3 is 2.23 bits per heavy atom. The van der Waals surface area contributed by atoms with Crippen LogP contribution in [-0.2, 0) is 17.4 Å². The molecule has 2 N–H and O–H groups in total. The van der Waals surface area contributed by atoms with Gasteiger partial charge in [-0.05, 0) is 54.9 Å². The number of rotatable bonds is 8. The van der Waals surface area contributed by atoms with Gasteiger partial charge >= 0.3 is 6.18 Å². The molecular weight excluding hydrogens is 345 g/mol. The Balaban J connectivity index is 1.65. The molecule has 2 aromatic carbocycles. The van der Waals surface area contributed by atoms with Gasteiger partial charge < -0.3 is 15.4 Å². The zero-order valence-electron chi connectivity index (χ0n) is 14.4. The Morgan fingerprint density at radius 1 is 1.00 bits per heavy atom. The lowest BCUT2D eigenvalue weighted by molar-refractivity contribution is -0.137. The highest BCUT2D eigenvalue weighted by molar-refractivity contribution is 5.90. The van der Waals surface area contributed by atoms with Gasteiger partial charge in [-0.3, -0.25) is 4.79 Å². The molecule has 0 aliphatic rings. The summed E-state index contributed by atoms with van der Waals surface area (Å²) in [5.41, 5.74) is 0.768. The van der Waals surface area contributed by atoms with Crippen molar-refractivity contribution in [3.63, 3.8) is 0 Å². The third-order valence-corrected chi connectivity index (χ3v) is 3.77. The van der Waals surface area contributed by atoms with Crippen LogP contribution in [0.5, 0.6) is 5.75 Å². The second kappa shape index (κ2) is 9.24. The SMILES string of the molecule is COc1ccc(CCNCCC(=O)Nc2ccc(C(F)(F)F)cc2)cc1. The van der Waals surface area contributed by atoms with Gasteiger partial charge in [0, 0.05) is 18.7 Å². The topological polar surface area (TPSA) is 50.4 Å². The quantitative estimate of drug-likeness (QED) is 0.697. The fraction of sp³-hybridized carbons (Fsp3) is 0.316. The van der Waals surface area contributed by atoms with Crippen LogP contribution < -0.4 is 15.4 Å². The number of nitrogens with one attached hydrogen (secondary N) is 2. The van der Waals surface area contributed by atoms with E-state index in [0.717, 1.165) is 36.4 Å². The minimum atomic E-state index is -4.38. The molecule has 1 amide bonds. The summed E-state index contributed by atoms with van der Waals surface area (Å²) in [4.78, 5) is 11.8. The average molecular weight is 366 g/mol. The van der Waals surface area contributed by atoms with Gasteiger partial charge in [0.25, 0.3) is 0 Å². The maximum absolute atomic E-state index is 12.5. The zero-order chi connectivity index (χ0) is 19.0. The highest BCUT2D eigenvalue weighted by Gasteiger charge is 2.29. The van der Waals surface area contributed by atoms with Crippen molar-refractivity contribution in [3.8, 4) is 5.75 Å². The maximum atomic E-state index is 12.5. The second-order valence-electron chi connectivity index (χ2n) is 5.72. The molecule has 2 rings (SSSR count). The van der Waals surface area contributed by atoms with E-state index in [1.807, 2.05) is 24.3 Å². The van der Waals surface area contributed by atoms with E-state index in [-0.39, 0.29) is 12.3 Å². The van der Waals surface area contributed by atoms with Crippen molar-refractivity contribution in [3.05, 3.63) is 59.7 Å². The molecule has 26 heavy (non-hydrogen) atoms. The van der Waals surface area contributed by atoms with E-state index in [0.29, 0.717) is 12.2 Å². The molecule has 0 spiro atoms. The van der Waals surface area contributed by atoms with Crippen LogP contribution in [-0.4, -0.2) is 26.1 Å². The number of hydrogen-bond donors (Lipinski definition) is 2. The fourth-order valence-electron chi connectivity index (χ4n) is 2.32. The predicted molar refractivity (Wildman–Crippen MR) is 94.3 cm³/mol. The number of methoxy groups -OCH3 is 1. The molecule has 0 heterocycles. The Bertz CT molecular complexity index is 698. The molecule has 0 aliphatic carbocycles. The highest BCUT2D eigenvalue weighted by Crippen LogP contribution is 2.29. The standard InChI is InChI=1S/C19H21F3N2O2/c1-26-17-8-2-14(3-9-17)10-12-23-13-11-18(25)24-16-6-4-15(5-7-16)19(20,21)22/h2-9,23H,10-13H2,1H3,(H,24,25). The van der Waals surface area contributed by atoms with Gasteiger partial charge in [0.05, 0.1) is 12.7 Å². The molecule has 0 atom stereocenters. The van der Waals surface area contributed by atoms with Crippen LogP contribution in [0.3, 0.4) is 0 Å². The molecule has 0 bridgehead atoms.